The molecule has 0 radical (unpaired) electrons. The van der Waals surface area contributed by atoms with Crippen molar-refractivity contribution in [1.82, 2.24) is 0 Å². The van der Waals surface area contributed by atoms with Gasteiger partial charge in [0.05, 0.1) is 0 Å². The largest absolute Gasteiger partial charge is 0.508 e. The van der Waals surface area contributed by atoms with Crippen molar-refractivity contribution in [2.45, 2.75) is 38.7 Å². The summed E-state index contributed by atoms with van der Waals surface area (Å²) >= 11 is 0. The van der Waals surface area contributed by atoms with Gasteiger partial charge in [0.15, 0.2) is 0 Å². The Kier molecular flexibility index (Phi) is 2.36. The standard InChI is InChI=1S/C18H18O3/c1-10-6-12-13-7-11(2)16(20)9-17(13)21-18(4-3-5-18)14(12)8-15(10)19/h6-9,19-20H,3-5H2,1-2H3. The minimum absolute atomic E-state index is 0.266. The number of hydrogen-bond donors (Lipinski definition) is 2. The van der Waals surface area contributed by atoms with E-state index in [1.54, 1.807) is 6.07 Å². The number of fused-ring (bicyclic) bond motifs is 4. The number of rotatable bonds is 0. The van der Waals surface area contributed by atoms with Gasteiger partial charge in [-0.3, -0.25) is 0 Å². The number of aromatic hydroxyl groups is 2. The number of benzene rings is 2. The van der Waals surface area contributed by atoms with Crippen LogP contribution in [0.5, 0.6) is 17.2 Å². The lowest BCUT2D eigenvalue weighted by Gasteiger charge is -2.46. The summed E-state index contributed by atoms with van der Waals surface area (Å²) in [4.78, 5) is 0. The second-order valence-electron chi connectivity index (χ2n) is 6.27. The lowest BCUT2D eigenvalue weighted by Crippen LogP contribution is -2.42. The van der Waals surface area contributed by atoms with E-state index in [1.165, 1.54) is 0 Å². The third-order valence-electron chi connectivity index (χ3n) is 4.88. The van der Waals surface area contributed by atoms with Crippen LogP contribution in [0.2, 0.25) is 0 Å². The summed E-state index contributed by atoms with van der Waals surface area (Å²) in [6, 6.07) is 7.57. The monoisotopic (exact) mass is 282 g/mol. The van der Waals surface area contributed by atoms with Gasteiger partial charge in [-0.15, -0.1) is 0 Å². The van der Waals surface area contributed by atoms with Crippen molar-refractivity contribution in [3.05, 3.63) is 41.0 Å². The van der Waals surface area contributed by atoms with E-state index >= 15 is 0 Å². The summed E-state index contributed by atoms with van der Waals surface area (Å²) in [6.45, 7) is 3.79. The zero-order valence-corrected chi connectivity index (χ0v) is 12.2. The third-order valence-corrected chi connectivity index (χ3v) is 4.88. The van der Waals surface area contributed by atoms with E-state index in [2.05, 4.69) is 0 Å². The van der Waals surface area contributed by atoms with E-state index in [9.17, 15) is 10.2 Å². The molecule has 2 aliphatic rings. The summed E-state index contributed by atoms with van der Waals surface area (Å²) in [5.74, 6) is 1.33. The van der Waals surface area contributed by atoms with Crippen molar-refractivity contribution in [3.8, 4) is 28.4 Å². The zero-order chi connectivity index (χ0) is 14.8. The van der Waals surface area contributed by atoms with Crippen LogP contribution in [0.4, 0.5) is 0 Å². The molecule has 1 spiro atoms. The number of hydrogen-bond acceptors (Lipinski definition) is 3. The van der Waals surface area contributed by atoms with Crippen LogP contribution in [-0.2, 0) is 5.60 Å². The van der Waals surface area contributed by atoms with Crippen molar-refractivity contribution in [3.63, 3.8) is 0 Å². The van der Waals surface area contributed by atoms with Crippen LogP contribution in [0.1, 0.15) is 36.0 Å². The smallest absolute Gasteiger partial charge is 0.135 e. The molecule has 2 aromatic rings. The van der Waals surface area contributed by atoms with Crippen molar-refractivity contribution in [1.29, 1.82) is 0 Å². The highest BCUT2D eigenvalue weighted by molar-refractivity contribution is 5.80. The zero-order valence-electron chi connectivity index (χ0n) is 12.2. The molecule has 2 N–H and O–H groups in total. The van der Waals surface area contributed by atoms with Crippen LogP contribution >= 0.6 is 0 Å². The predicted octanol–water partition coefficient (Wildman–Crippen LogP) is 4.15. The SMILES string of the molecule is Cc1cc2c(cc1O)OC1(CCC1)c1cc(O)c(C)cc1-2. The first kappa shape index (κ1) is 12.6. The van der Waals surface area contributed by atoms with E-state index in [-0.39, 0.29) is 11.4 Å². The number of aryl methyl sites for hydroxylation is 2. The molecular weight excluding hydrogens is 264 g/mol. The Hall–Kier alpha value is -2.16. The highest BCUT2D eigenvalue weighted by Crippen LogP contribution is 2.55. The van der Waals surface area contributed by atoms with E-state index in [4.69, 9.17) is 4.74 Å². The first-order valence-corrected chi connectivity index (χ1v) is 7.37. The molecule has 0 saturated heterocycles. The Morgan fingerprint density at radius 3 is 2.14 bits per heavy atom. The highest BCUT2D eigenvalue weighted by Gasteiger charge is 2.46. The minimum atomic E-state index is -0.324. The average molecular weight is 282 g/mol. The third kappa shape index (κ3) is 1.60. The highest BCUT2D eigenvalue weighted by atomic mass is 16.5. The molecule has 1 aliphatic heterocycles. The fourth-order valence-corrected chi connectivity index (χ4v) is 3.40. The molecule has 3 heteroatoms. The van der Waals surface area contributed by atoms with Crippen LogP contribution < -0.4 is 4.74 Å². The molecule has 0 bridgehead atoms. The summed E-state index contributed by atoms with van der Waals surface area (Å²) in [5.41, 5.74) is 4.57. The van der Waals surface area contributed by atoms with E-state index in [0.29, 0.717) is 5.75 Å². The van der Waals surface area contributed by atoms with Gasteiger partial charge in [0, 0.05) is 17.2 Å². The average Bonchev–Trinajstić information content (AvgIpc) is 2.40. The topological polar surface area (TPSA) is 49.7 Å². The van der Waals surface area contributed by atoms with Crippen LogP contribution in [0.3, 0.4) is 0 Å². The van der Waals surface area contributed by atoms with Gasteiger partial charge >= 0.3 is 0 Å². The van der Waals surface area contributed by atoms with Crippen molar-refractivity contribution in [2.75, 3.05) is 0 Å². The number of phenolic OH excluding ortho intramolecular Hbond substituents is 2. The Labute approximate surface area is 123 Å². The summed E-state index contributed by atoms with van der Waals surface area (Å²) in [7, 11) is 0. The molecule has 108 valence electrons. The Morgan fingerprint density at radius 1 is 0.905 bits per heavy atom. The molecule has 1 fully saturated rings. The van der Waals surface area contributed by atoms with Crippen molar-refractivity contribution < 1.29 is 14.9 Å². The molecule has 1 saturated carbocycles. The van der Waals surface area contributed by atoms with Crippen LogP contribution in [0, 0.1) is 13.8 Å². The summed E-state index contributed by atoms with van der Waals surface area (Å²) in [6.07, 6.45) is 3.04. The molecule has 0 atom stereocenters. The van der Waals surface area contributed by atoms with Crippen molar-refractivity contribution in [2.24, 2.45) is 0 Å². The lowest BCUT2D eigenvalue weighted by molar-refractivity contribution is -0.0147. The molecule has 4 rings (SSSR count). The van der Waals surface area contributed by atoms with Crippen molar-refractivity contribution >= 4 is 0 Å². The number of ether oxygens (including phenoxy) is 1. The molecule has 0 unspecified atom stereocenters. The first-order valence-electron chi connectivity index (χ1n) is 7.37. The normalized spacial score (nSPS) is 17.6. The van der Waals surface area contributed by atoms with Crippen LogP contribution in [-0.4, -0.2) is 10.2 Å². The minimum Gasteiger partial charge on any atom is -0.508 e. The van der Waals surface area contributed by atoms with E-state index < -0.39 is 0 Å². The maximum absolute atomic E-state index is 10.1. The first-order chi connectivity index (χ1) is 10.00. The summed E-state index contributed by atoms with van der Waals surface area (Å²) in [5, 5.41) is 20.0. The molecule has 3 nitrogen and oxygen atoms in total. The molecule has 1 aliphatic carbocycles. The van der Waals surface area contributed by atoms with Gasteiger partial charge < -0.3 is 14.9 Å². The van der Waals surface area contributed by atoms with Gasteiger partial charge in [0.2, 0.25) is 0 Å². The van der Waals surface area contributed by atoms with Gasteiger partial charge in [0.25, 0.3) is 0 Å². The van der Waals surface area contributed by atoms with E-state index in [0.717, 1.165) is 52.8 Å². The Morgan fingerprint density at radius 2 is 1.52 bits per heavy atom. The maximum atomic E-state index is 10.1. The van der Waals surface area contributed by atoms with E-state index in [1.807, 2.05) is 32.0 Å². The van der Waals surface area contributed by atoms with Gasteiger partial charge in [-0.25, -0.2) is 0 Å². The fourth-order valence-electron chi connectivity index (χ4n) is 3.40. The maximum Gasteiger partial charge on any atom is 0.135 e. The number of phenols is 2. The molecule has 21 heavy (non-hydrogen) atoms. The van der Waals surface area contributed by atoms with Gasteiger partial charge in [0.1, 0.15) is 22.8 Å². The molecule has 2 aromatic carbocycles. The quantitative estimate of drug-likeness (QED) is 0.763. The molecular formula is C18H18O3. The molecule has 0 aromatic heterocycles. The van der Waals surface area contributed by atoms with Crippen LogP contribution in [0.25, 0.3) is 11.1 Å². The second-order valence-corrected chi connectivity index (χ2v) is 6.27. The Balaban J connectivity index is 2.03. The van der Waals surface area contributed by atoms with Gasteiger partial charge in [-0.05, 0) is 68.0 Å². The fraction of sp³-hybridized carbons (Fsp3) is 0.333. The van der Waals surface area contributed by atoms with Gasteiger partial charge in [-0.1, -0.05) is 0 Å². The molecule has 1 heterocycles. The van der Waals surface area contributed by atoms with Crippen LogP contribution in [0.15, 0.2) is 24.3 Å². The predicted molar refractivity (Wildman–Crippen MR) is 80.8 cm³/mol. The summed E-state index contributed by atoms with van der Waals surface area (Å²) < 4.78 is 6.24. The Bertz CT molecular complexity index is 758. The lowest BCUT2D eigenvalue weighted by atomic mass is 9.70. The molecule has 0 amide bonds. The van der Waals surface area contributed by atoms with Gasteiger partial charge in [-0.2, -0.15) is 0 Å². The second kappa shape index (κ2) is 3.94.